The van der Waals surface area contributed by atoms with Gasteiger partial charge in [-0.15, -0.1) is 0 Å². The number of rotatable bonds is 2. The van der Waals surface area contributed by atoms with Crippen molar-refractivity contribution in [3.05, 3.63) is 35.4 Å². The van der Waals surface area contributed by atoms with Gasteiger partial charge in [0.1, 0.15) is 0 Å². The number of sulfonamides is 1. The number of hydrogen-bond acceptors (Lipinski definition) is 3. The lowest BCUT2D eigenvalue weighted by Crippen LogP contribution is -2.50. The third-order valence-electron chi connectivity index (χ3n) is 3.99. The van der Waals surface area contributed by atoms with E-state index in [0.29, 0.717) is 31.7 Å². The molecule has 1 aliphatic heterocycles. The van der Waals surface area contributed by atoms with Crippen molar-refractivity contribution >= 4 is 15.9 Å². The van der Waals surface area contributed by atoms with Crippen molar-refractivity contribution in [2.24, 2.45) is 0 Å². The Morgan fingerprint density at radius 2 is 1.50 bits per heavy atom. The van der Waals surface area contributed by atoms with E-state index in [1.807, 2.05) is 24.3 Å². The summed E-state index contributed by atoms with van der Waals surface area (Å²) >= 11 is 0. The predicted octanol–water partition coefficient (Wildman–Crippen LogP) is 1.70. The van der Waals surface area contributed by atoms with Crippen molar-refractivity contribution in [3.8, 4) is 0 Å². The van der Waals surface area contributed by atoms with Crippen LogP contribution in [-0.2, 0) is 15.4 Å². The maximum Gasteiger partial charge on any atom is 0.253 e. The zero-order chi connectivity index (χ0) is 16.5. The molecule has 22 heavy (non-hydrogen) atoms. The largest absolute Gasteiger partial charge is 0.336 e. The molecule has 5 nitrogen and oxygen atoms in total. The van der Waals surface area contributed by atoms with Crippen LogP contribution < -0.4 is 0 Å². The van der Waals surface area contributed by atoms with E-state index < -0.39 is 10.0 Å². The molecule has 0 aromatic heterocycles. The molecule has 0 atom stereocenters. The van der Waals surface area contributed by atoms with Gasteiger partial charge in [-0.05, 0) is 23.1 Å². The fourth-order valence-electron chi connectivity index (χ4n) is 2.52. The third kappa shape index (κ3) is 3.87. The number of amides is 1. The maximum absolute atomic E-state index is 12.5. The molecule has 1 fully saturated rings. The molecule has 1 heterocycles. The highest BCUT2D eigenvalue weighted by molar-refractivity contribution is 7.88. The van der Waals surface area contributed by atoms with Gasteiger partial charge in [0, 0.05) is 31.7 Å². The summed E-state index contributed by atoms with van der Waals surface area (Å²) in [5.41, 5.74) is 1.90. The number of benzene rings is 1. The van der Waals surface area contributed by atoms with Crippen molar-refractivity contribution in [1.82, 2.24) is 9.21 Å². The van der Waals surface area contributed by atoms with Gasteiger partial charge in [0.25, 0.3) is 5.91 Å². The van der Waals surface area contributed by atoms with Crippen molar-refractivity contribution in [2.75, 3.05) is 32.4 Å². The molecule has 1 aliphatic rings. The Balaban J connectivity index is 2.04. The third-order valence-corrected chi connectivity index (χ3v) is 5.30. The van der Waals surface area contributed by atoms with Crippen molar-refractivity contribution < 1.29 is 13.2 Å². The van der Waals surface area contributed by atoms with Crippen LogP contribution in [0.25, 0.3) is 0 Å². The van der Waals surface area contributed by atoms with Crippen molar-refractivity contribution in [2.45, 2.75) is 26.2 Å². The second kappa shape index (κ2) is 6.01. The zero-order valence-electron chi connectivity index (χ0n) is 13.7. The minimum atomic E-state index is -3.17. The number of carbonyl (C=O) groups is 1. The molecule has 0 saturated carbocycles. The average Bonchev–Trinajstić information content (AvgIpc) is 2.45. The Kier molecular flexibility index (Phi) is 4.63. The molecule has 1 aromatic carbocycles. The van der Waals surface area contributed by atoms with E-state index in [2.05, 4.69) is 20.8 Å². The molecule has 0 bridgehead atoms. The summed E-state index contributed by atoms with van der Waals surface area (Å²) in [6.07, 6.45) is 1.20. The van der Waals surface area contributed by atoms with E-state index in [-0.39, 0.29) is 11.3 Å². The molecule has 0 spiro atoms. The summed E-state index contributed by atoms with van der Waals surface area (Å²) < 4.78 is 24.4. The van der Waals surface area contributed by atoms with E-state index in [1.54, 1.807) is 4.90 Å². The molecule has 122 valence electrons. The molecule has 1 aromatic rings. The SMILES string of the molecule is CC(C)(C)c1ccc(C(=O)N2CCN(S(C)(=O)=O)CC2)cc1. The molecule has 0 aliphatic carbocycles. The van der Waals surface area contributed by atoms with Crippen LogP contribution >= 0.6 is 0 Å². The molecule has 1 amide bonds. The lowest BCUT2D eigenvalue weighted by Gasteiger charge is -2.33. The molecule has 0 N–H and O–H groups in total. The predicted molar refractivity (Wildman–Crippen MR) is 87.5 cm³/mol. The van der Waals surface area contributed by atoms with Crippen LogP contribution in [-0.4, -0.2) is 56.0 Å². The fourth-order valence-corrected chi connectivity index (χ4v) is 3.34. The van der Waals surface area contributed by atoms with Gasteiger partial charge in [0.15, 0.2) is 0 Å². The summed E-state index contributed by atoms with van der Waals surface area (Å²) in [6, 6.07) is 7.68. The number of hydrogen-bond donors (Lipinski definition) is 0. The summed E-state index contributed by atoms with van der Waals surface area (Å²) in [6.45, 7) is 8.01. The van der Waals surface area contributed by atoms with E-state index in [9.17, 15) is 13.2 Å². The first-order chi connectivity index (χ1) is 10.1. The van der Waals surface area contributed by atoms with Gasteiger partial charge in [-0.25, -0.2) is 8.42 Å². The van der Waals surface area contributed by atoms with Crippen LogP contribution in [0.1, 0.15) is 36.7 Å². The minimum absolute atomic E-state index is 0.0337. The van der Waals surface area contributed by atoms with Crippen LogP contribution in [0.4, 0.5) is 0 Å². The Morgan fingerprint density at radius 1 is 1.00 bits per heavy atom. The Hall–Kier alpha value is -1.40. The van der Waals surface area contributed by atoms with Gasteiger partial charge in [0.2, 0.25) is 10.0 Å². The van der Waals surface area contributed by atoms with Gasteiger partial charge in [0.05, 0.1) is 6.26 Å². The van der Waals surface area contributed by atoms with Crippen LogP contribution in [0.15, 0.2) is 24.3 Å². The number of piperazine rings is 1. The van der Waals surface area contributed by atoms with Gasteiger partial charge >= 0.3 is 0 Å². The lowest BCUT2D eigenvalue weighted by molar-refractivity contribution is 0.0698. The minimum Gasteiger partial charge on any atom is -0.336 e. The van der Waals surface area contributed by atoms with Gasteiger partial charge < -0.3 is 4.90 Å². The highest BCUT2D eigenvalue weighted by Crippen LogP contribution is 2.22. The lowest BCUT2D eigenvalue weighted by atomic mass is 9.86. The standard InChI is InChI=1S/C16H24N2O3S/c1-16(2,3)14-7-5-13(6-8-14)15(19)17-9-11-18(12-10-17)22(4,20)21/h5-8H,9-12H2,1-4H3. The highest BCUT2D eigenvalue weighted by atomic mass is 32.2. The normalized spacial score (nSPS) is 17.5. The summed E-state index contributed by atoms with van der Waals surface area (Å²) in [4.78, 5) is 14.2. The zero-order valence-corrected chi connectivity index (χ0v) is 14.5. The van der Waals surface area contributed by atoms with Crippen molar-refractivity contribution in [1.29, 1.82) is 0 Å². The summed E-state index contributed by atoms with van der Waals surface area (Å²) in [5, 5.41) is 0. The van der Waals surface area contributed by atoms with Gasteiger partial charge in [-0.2, -0.15) is 4.31 Å². The molecular formula is C16H24N2O3S. The van der Waals surface area contributed by atoms with Crippen LogP contribution in [0.3, 0.4) is 0 Å². The average molecular weight is 324 g/mol. The van der Waals surface area contributed by atoms with E-state index in [0.717, 1.165) is 0 Å². The maximum atomic E-state index is 12.5. The molecular weight excluding hydrogens is 300 g/mol. The van der Waals surface area contributed by atoms with Gasteiger partial charge in [-0.1, -0.05) is 32.9 Å². The van der Waals surface area contributed by atoms with Crippen LogP contribution in [0, 0.1) is 0 Å². The molecule has 0 unspecified atom stereocenters. The van der Waals surface area contributed by atoms with E-state index in [4.69, 9.17) is 0 Å². The number of carbonyl (C=O) groups excluding carboxylic acids is 1. The smallest absolute Gasteiger partial charge is 0.253 e. The Morgan fingerprint density at radius 3 is 1.91 bits per heavy atom. The molecule has 1 saturated heterocycles. The molecule has 2 rings (SSSR count). The Bertz CT molecular complexity index is 637. The second-order valence-corrected chi connectivity index (χ2v) is 8.76. The van der Waals surface area contributed by atoms with E-state index >= 15 is 0 Å². The van der Waals surface area contributed by atoms with Gasteiger partial charge in [-0.3, -0.25) is 4.79 Å². The number of nitrogens with zero attached hydrogens (tertiary/aromatic N) is 2. The first kappa shape index (κ1) is 17.0. The van der Waals surface area contributed by atoms with Crippen molar-refractivity contribution in [3.63, 3.8) is 0 Å². The Labute approximate surface area is 133 Å². The highest BCUT2D eigenvalue weighted by Gasteiger charge is 2.26. The van der Waals surface area contributed by atoms with Crippen LogP contribution in [0.2, 0.25) is 0 Å². The van der Waals surface area contributed by atoms with Crippen LogP contribution in [0.5, 0.6) is 0 Å². The monoisotopic (exact) mass is 324 g/mol. The molecule has 0 radical (unpaired) electrons. The first-order valence-corrected chi connectivity index (χ1v) is 9.29. The second-order valence-electron chi connectivity index (χ2n) is 6.78. The summed E-state index contributed by atoms with van der Waals surface area (Å²) in [5.74, 6) is -0.0337. The van der Waals surface area contributed by atoms with E-state index in [1.165, 1.54) is 16.1 Å². The topological polar surface area (TPSA) is 57.7 Å². The molecule has 6 heteroatoms. The fraction of sp³-hybridized carbons (Fsp3) is 0.562. The summed E-state index contributed by atoms with van der Waals surface area (Å²) in [7, 11) is -3.17. The quantitative estimate of drug-likeness (QED) is 0.832. The first-order valence-electron chi connectivity index (χ1n) is 7.44.